The Kier molecular flexibility index (Phi) is 3.89. The molecule has 1 aliphatic heterocycles. The average molecular weight is 199 g/mol. The first-order chi connectivity index (χ1) is 6.56. The van der Waals surface area contributed by atoms with Gasteiger partial charge in [0.25, 0.3) is 0 Å². The number of hydrogen-bond donors (Lipinski definition) is 2. The van der Waals surface area contributed by atoms with Gasteiger partial charge in [-0.25, -0.2) is 0 Å². The molecule has 0 bridgehead atoms. The van der Waals surface area contributed by atoms with E-state index < -0.39 is 0 Å². The van der Waals surface area contributed by atoms with Crippen LogP contribution in [0.25, 0.3) is 0 Å². The Balaban J connectivity index is 2.66. The Labute approximate surface area is 85.8 Å². The number of piperazine rings is 1. The summed E-state index contributed by atoms with van der Waals surface area (Å²) in [5.41, 5.74) is 5.38. The maximum atomic E-state index is 11.2. The van der Waals surface area contributed by atoms with Gasteiger partial charge in [0.1, 0.15) is 0 Å². The zero-order valence-electron chi connectivity index (χ0n) is 9.29. The van der Waals surface area contributed by atoms with E-state index in [-0.39, 0.29) is 11.9 Å². The zero-order chi connectivity index (χ0) is 10.7. The van der Waals surface area contributed by atoms with Crippen LogP contribution >= 0.6 is 0 Å². The fraction of sp³-hybridized carbons (Fsp3) is 0.900. The van der Waals surface area contributed by atoms with E-state index >= 15 is 0 Å². The number of carbonyl (C=O) groups is 1. The van der Waals surface area contributed by atoms with E-state index in [1.54, 1.807) is 0 Å². The van der Waals surface area contributed by atoms with Gasteiger partial charge in [0.15, 0.2) is 0 Å². The smallest absolute Gasteiger partial charge is 0.234 e. The Morgan fingerprint density at radius 3 is 2.79 bits per heavy atom. The lowest BCUT2D eigenvalue weighted by Gasteiger charge is -2.41. The van der Waals surface area contributed by atoms with Crippen molar-refractivity contribution in [3.8, 4) is 0 Å². The molecule has 0 spiro atoms. The molecule has 0 aromatic rings. The second-order valence-electron chi connectivity index (χ2n) is 4.18. The van der Waals surface area contributed by atoms with Gasteiger partial charge < -0.3 is 11.1 Å². The quantitative estimate of drug-likeness (QED) is 0.669. The minimum atomic E-state index is -0.201. The third-order valence-electron chi connectivity index (χ3n) is 2.93. The van der Waals surface area contributed by atoms with Gasteiger partial charge >= 0.3 is 0 Å². The largest absolute Gasteiger partial charge is 0.368 e. The van der Waals surface area contributed by atoms with Gasteiger partial charge in [-0.2, -0.15) is 0 Å². The molecule has 3 atom stereocenters. The van der Waals surface area contributed by atoms with Crippen LogP contribution < -0.4 is 11.1 Å². The molecule has 1 aliphatic rings. The molecule has 1 amide bonds. The van der Waals surface area contributed by atoms with Gasteiger partial charge in [-0.1, -0.05) is 6.92 Å². The molecular weight excluding hydrogens is 178 g/mol. The van der Waals surface area contributed by atoms with E-state index in [0.29, 0.717) is 12.1 Å². The first-order valence-corrected chi connectivity index (χ1v) is 5.34. The van der Waals surface area contributed by atoms with Crippen LogP contribution in [-0.4, -0.2) is 42.0 Å². The molecule has 82 valence electrons. The summed E-state index contributed by atoms with van der Waals surface area (Å²) in [6.07, 6.45) is 0.798. The molecule has 0 aliphatic carbocycles. The SMILES string of the molecule is CCC(C(N)=O)N1CC(C)NCC1C. The fourth-order valence-electron chi connectivity index (χ4n) is 2.08. The summed E-state index contributed by atoms with van der Waals surface area (Å²) in [4.78, 5) is 13.5. The summed E-state index contributed by atoms with van der Waals surface area (Å²) >= 11 is 0. The lowest BCUT2D eigenvalue weighted by Crippen LogP contribution is -2.60. The number of rotatable bonds is 3. The van der Waals surface area contributed by atoms with E-state index in [4.69, 9.17) is 5.73 Å². The minimum Gasteiger partial charge on any atom is -0.368 e. The molecule has 0 aromatic heterocycles. The van der Waals surface area contributed by atoms with Crippen LogP contribution in [0, 0.1) is 0 Å². The molecule has 1 rings (SSSR count). The first kappa shape index (κ1) is 11.5. The van der Waals surface area contributed by atoms with Gasteiger partial charge in [0.05, 0.1) is 6.04 Å². The second kappa shape index (κ2) is 4.75. The van der Waals surface area contributed by atoms with Crippen molar-refractivity contribution < 1.29 is 4.79 Å². The Bertz CT molecular complexity index is 208. The van der Waals surface area contributed by atoms with Crippen LogP contribution in [-0.2, 0) is 4.79 Å². The normalized spacial score (nSPS) is 31.4. The van der Waals surface area contributed by atoms with Crippen molar-refractivity contribution in [2.45, 2.75) is 45.3 Å². The number of carbonyl (C=O) groups excluding carboxylic acids is 1. The highest BCUT2D eigenvalue weighted by Gasteiger charge is 2.30. The van der Waals surface area contributed by atoms with E-state index in [0.717, 1.165) is 19.5 Å². The van der Waals surface area contributed by atoms with Crippen LogP contribution in [0.2, 0.25) is 0 Å². The highest BCUT2D eigenvalue weighted by molar-refractivity contribution is 5.79. The number of nitrogens with one attached hydrogen (secondary N) is 1. The number of hydrogen-bond acceptors (Lipinski definition) is 3. The molecule has 1 heterocycles. The molecule has 1 fully saturated rings. The van der Waals surface area contributed by atoms with Gasteiger partial charge in [0, 0.05) is 25.2 Å². The Morgan fingerprint density at radius 1 is 1.64 bits per heavy atom. The maximum Gasteiger partial charge on any atom is 0.234 e. The molecular formula is C10H21N3O. The third-order valence-corrected chi connectivity index (χ3v) is 2.93. The van der Waals surface area contributed by atoms with Gasteiger partial charge in [-0.05, 0) is 20.3 Å². The number of amides is 1. The van der Waals surface area contributed by atoms with Crippen molar-refractivity contribution in [3.63, 3.8) is 0 Å². The van der Waals surface area contributed by atoms with Crippen LogP contribution in [0.4, 0.5) is 0 Å². The predicted molar refractivity (Wildman–Crippen MR) is 56.9 cm³/mol. The number of nitrogens with zero attached hydrogens (tertiary/aromatic N) is 1. The van der Waals surface area contributed by atoms with Gasteiger partial charge in [-0.3, -0.25) is 9.69 Å². The molecule has 4 heteroatoms. The third kappa shape index (κ3) is 2.45. The topological polar surface area (TPSA) is 58.4 Å². The maximum absolute atomic E-state index is 11.2. The predicted octanol–water partition coefficient (Wildman–Crippen LogP) is -0.0675. The van der Waals surface area contributed by atoms with Crippen molar-refractivity contribution in [1.82, 2.24) is 10.2 Å². The highest BCUT2D eigenvalue weighted by Crippen LogP contribution is 2.13. The molecule has 14 heavy (non-hydrogen) atoms. The summed E-state index contributed by atoms with van der Waals surface area (Å²) < 4.78 is 0. The summed E-state index contributed by atoms with van der Waals surface area (Å²) in [7, 11) is 0. The summed E-state index contributed by atoms with van der Waals surface area (Å²) in [6, 6.07) is 0.734. The lowest BCUT2D eigenvalue weighted by atomic mass is 10.1. The van der Waals surface area contributed by atoms with Gasteiger partial charge in [0.2, 0.25) is 5.91 Å². The van der Waals surface area contributed by atoms with Crippen LogP contribution in [0.3, 0.4) is 0 Å². The molecule has 3 N–H and O–H groups in total. The van der Waals surface area contributed by atoms with E-state index in [9.17, 15) is 4.79 Å². The van der Waals surface area contributed by atoms with Gasteiger partial charge in [-0.15, -0.1) is 0 Å². The summed E-state index contributed by atoms with van der Waals surface area (Å²) in [5.74, 6) is -0.201. The van der Waals surface area contributed by atoms with Crippen molar-refractivity contribution in [3.05, 3.63) is 0 Å². The van der Waals surface area contributed by atoms with E-state index in [1.165, 1.54) is 0 Å². The van der Waals surface area contributed by atoms with E-state index in [2.05, 4.69) is 24.1 Å². The molecule has 0 saturated carbocycles. The standard InChI is InChI=1S/C10H21N3O/c1-4-9(10(11)14)13-6-7(2)12-5-8(13)3/h7-9,12H,4-6H2,1-3H3,(H2,11,14). The number of primary amides is 1. The first-order valence-electron chi connectivity index (χ1n) is 5.34. The van der Waals surface area contributed by atoms with Crippen LogP contribution in [0.15, 0.2) is 0 Å². The minimum absolute atomic E-state index is 0.102. The molecule has 1 saturated heterocycles. The lowest BCUT2D eigenvalue weighted by molar-refractivity contribution is -0.124. The summed E-state index contributed by atoms with van der Waals surface area (Å²) in [5, 5.41) is 3.39. The fourth-order valence-corrected chi connectivity index (χ4v) is 2.08. The highest BCUT2D eigenvalue weighted by atomic mass is 16.1. The van der Waals surface area contributed by atoms with Crippen molar-refractivity contribution in [2.75, 3.05) is 13.1 Å². The molecule has 0 radical (unpaired) electrons. The van der Waals surface area contributed by atoms with Crippen LogP contribution in [0.1, 0.15) is 27.2 Å². The van der Waals surface area contributed by atoms with Crippen molar-refractivity contribution >= 4 is 5.91 Å². The molecule has 4 nitrogen and oxygen atoms in total. The molecule has 3 unspecified atom stereocenters. The van der Waals surface area contributed by atoms with Crippen molar-refractivity contribution in [2.24, 2.45) is 5.73 Å². The Hall–Kier alpha value is -0.610. The second-order valence-corrected chi connectivity index (χ2v) is 4.18. The average Bonchev–Trinajstić information content (AvgIpc) is 2.11. The van der Waals surface area contributed by atoms with E-state index in [1.807, 2.05) is 6.92 Å². The summed E-state index contributed by atoms with van der Waals surface area (Å²) in [6.45, 7) is 8.11. The van der Waals surface area contributed by atoms with Crippen molar-refractivity contribution in [1.29, 1.82) is 0 Å². The van der Waals surface area contributed by atoms with Crippen LogP contribution in [0.5, 0.6) is 0 Å². The Morgan fingerprint density at radius 2 is 2.29 bits per heavy atom. The molecule has 0 aromatic carbocycles. The number of nitrogens with two attached hydrogens (primary N) is 1. The zero-order valence-corrected chi connectivity index (χ0v) is 9.29. The monoisotopic (exact) mass is 199 g/mol.